The molecule has 1 aromatic rings. The van der Waals surface area contributed by atoms with E-state index in [0.717, 1.165) is 25.2 Å². The lowest BCUT2D eigenvalue weighted by Gasteiger charge is -2.16. The number of nitrogens with two attached hydrogens (primary N) is 1. The predicted octanol–water partition coefficient (Wildman–Crippen LogP) is 1.19. The third-order valence-electron chi connectivity index (χ3n) is 3.24. The Morgan fingerprint density at radius 1 is 1.59 bits per heavy atom. The molecule has 0 bridgehead atoms. The molecule has 0 radical (unpaired) electrons. The van der Waals surface area contributed by atoms with Crippen molar-refractivity contribution in [1.29, 1.82) is 0 Å². The molecule has 1 heterocycles. The largest absolute Gasteiger partial charge is 0.496 e. The summed E-state index contributed by atoms with van der Waals surface area (Å²) < 4.78 is 10.6. The molecule has 1 aliphatic heterocycles. The van der Waals surface area contributed by atoms with Gasteiger partial charge in [0.1, 0.15) is 5.75 Å². The van der Waals surface area contributed by atoms with Crippen LogP contribution in [0.4, 0.5) is 0 Å². The van der Waals surface area contributed by atoms with Crippen LogP contribution in [0.2, 0.25) is 0 Å². The van der Waals surface area contributed by atoms with Crippen LogP contribution in [-0.4, -0.2) is 32.0 Å². The zero-order valence-electron chi connectivity index (χ0n) is 10.1. The van der Waals surface area contributed by atoms with E-state index in [-0.39, 0.29) is 6.54 Å². The summed E-state index contributed by atoms with van der Waals surface area (Å²) in [6.07, 6.45) is 0.358. The van der Waals surface area contributed by atoms with Crippen LogP contribution in [0.15, 0.2) is 18.2 Å². The van der Waals surface area contributed by atoms with Crippen molar-refractivity contribution in [3.63, 3.8) is 0 Å². The summed E-state index contributed by atoms with van der Waals surface area (Å²) >= 11 is 0. The van der Waals surface area contributed by atoms with Gasteiger partial charge in [0.25, 0.3) is 0 Å². The monoisotopic (exact) mass is 237 g/mol. The summed E-state index contributed by atoms with van der Waals surface area (Å²) in [6, 6.07) is 5.91. The van der Waals surface area contributed by atoms with Crippen molar-refractivity contribution < 1.29 is 14.6 Å². The molecule has 1 saturated heterocycles. The molecule has 17 heavy (non-hydrogen) atoms. The van der Waals surface area contributed by atoms with E-state index in [2.05, 4.69) is 0 Å². The summed E-state index contributed by atoms with van der Waals surface area (Å²) in [7, 11) is 1.60. The maximum atomic E-state index is 9.87. The zero-order chi connectivity index (χ0) is 12.3. The van der Waals surface area contributed by atoms with Gasteiger partial charge in [-0.2, -0.15) is 0 Å². The molecule has 2 unspecified atom stereocenters. The first-order chi connectivity index (χ1) is 8.26. The molecule has 1 fully saturated rings. The van der Waals surface area contributed by atoms with Gasteiger partial charge in [-0.1, -0.05) is 6.07 Å². The topological polar surface area (TPSA) is 64.7 Å². The summed E-state index contributed by atoms with van der Waals surface area (Å²) in [5, 5.41) is 9.87. The number of hydrogen-bond donors (Lipinski definition) is 2. The first kappa shape index (κ1) is 12.4. The molecular formula is C13H19NO3. The van der Waals surface area contributed by atoms with Gasteiger partial charge in [-0.25, -0.2) is 0 Å². The van der Waals surface area contributed by atoms with Crippen LogP contribution in [0.1, 0.15) is 29.6 Å². The van der Waals surface area contributed by atoms with Crippen molar-refractivity contribution in [1.82, 2.24) is 0 Å². The van der Waals surface area contributed by atoms with Crippen molar-refractivity contribution >= 4 is 0 Å². The van der Waals surface area contributed by atoms with Crippen molar-refractivity contribution in [3.8, 4) is 5.75 Å². The van der Waals surface area contributed by atoms with Crippen LogP contribution in [0.5, 0.6) is 5.75 Å². The van der Waals surface area contributed by atoms with Gasteiger partial charge >= 0.3 is 0 Å². The maximum absolute atomic E-state index is 9.87. The number of benzene rings is 1. The Kier molecular flexibility index (Phi) is 3.99. The smallest absolute Gasteiger partial charge is 0.124 e. The van der Waals surface area contributed by atoms with E-state index in [1.165, 1.54) is 5.56 Å². The highest BCUT2D eigenvalue weighted by molar-refractivity contribution is 5.40. The van der Waals surface area contributed by atoms with E-state index in [4.69, 9.17) is 15.2 Å². The number of aliphatic hydroxyl groups excluding tert-OH is 1. The van der Waals surface area contributed by atoms with Crippen LogP contribution >= 0.6 is 0 Å². The Labute approximate surface area is 101 Å². The highest BCUT2D eigenvalue weighted by Crippen LogP contribution is 2.31. The molecule has 3 N–H and O–H groups in total. The minimum Gasteiger partial charge on any atom is -0.496 e. The fraction of sp³-hybridized carbons (Fsp3) is 0.538. The van der Waals surface area contributed by atoms with E-state index < -0.39 is 6.10 Å². The molecule has 4 heteroatoms. The van der Waals surface area contributed by atoms with Crippen molar-refractivity contribution in [2.45, 2.75) is 18.4 Å². The molecule has 0 spiro atoms. The predicted molar refractivity (Wildman–Crippen MR) is 65.2 cm³/mol. The fourth-order valence-corrected chi connectivity index (χ4v) is 2.19. The Hall–Kier alpha value is -1.10. The van der Waals surface area contributed by atoms with Gasteiger partial charge < -0.3 is 20.3 Å². The molecule has 0 aromatic heterocycles. The zero-order valence-corrected chi connectivity index (χ0v) is 10.1. The van der Waals surface area contributed by atoms with Crippen molar-refractivity contribution in [2.75, 3.05) is 26.9 Å². The molecule has 0 saturated carbocycles. The number of rotatable bonds is 4. The molecular weight excluding hydrogens is 218 g/mol. The molecule has 0 amide bonds. The quantitative estimate of drug-likeness (QED) is 0.825. The number of methoxy groups -OCH3 is 1. The lowest BCUT2D eigenvalue weighted by atomic mass is 9.94. The molecule has 1 aliphatic rings. The molecule has 0 aliphatic carbocycles. The molecule has 2 atom stereocenters. The van der Waals surface area contributed by atoms with E-state index in [0.29, 0.717) is 11.7 Å². The second-order valence-electron chi connectivity index (χ2n) is 4.31. The van der Waals surface area contributed by atoms with E-state index in [1.54, 1.807) is 7.11 Å². The third-order valence-corrected chi connectivity index (χ3v) is 3.24. The summed E-state index contributed by atoms with van der Waals surface area (Å²) in [5.74, 6) is 1.11. The Bertz CT molecular complexity index is 375. The highest BCUT2D eigenvalue weighted by Gasteiger charge is 2.20. The van der Waals surface area contributed by atoms with Crippen LogP contribution in [0.25, 0.3) is 0 Å². The lowest BCUT2D eigenvalue weighted by molar-refractivity contribution is 0.181. The van der Waals surface area contributed by atoms with Gasteiger partial charge in [-0.05, 0) is 24.1 Å². The van der Waals surface area contributed by atoms with Crippen molar-refractivity contribution in [3.05, 3.63) is 29.3 Å². The SMILES string of the molecule is COc1ccc(C2CCOC2)cc1C(O)CN. The number of ether oxygens (including phenoxy) is 2. The van der Waals surface area contributed by atoms with Crippen molar-refractivity contribution in [2.24, 2.45) is 5.73 Å². The Morgan fingerprint density at radius 3 is 3.00 bits per heavy atom. The molecule has 94 valence electrons. The Morgan fingerprint density at radius 2 is 2.41 bits per heavy atom. The van der Waals surface area contributed by atoms with Gasteiger partial charge in [-0.15, -0.1) is 0 Å². The standard InChI is InChI=1S/C13H19NO3/c1-16-13-3-2-9(10-4-5-17-8-10)6-11(13)12(15)7-14/h2-3,6,10,12,15H,4-5,7-8,14H2,1H3. The molecule has 1 aromatic carbocycles. The molecule has 2 rings (SSSR count). The first-order valence-corrected chi connectivity index (χ1v) is 5.90. The van der Waals surface area contributed by atoms with E-state index >= 15 is 0 Å². The average molecular weight is 237 g/mol. The highest BCUT2D eigenvalue weighted by atomic mass is 16.5. The van der Waals surface area contributed by atoms with E-state index in [1.807, 2.05) is 18.2 Å². The van der Waals surface area contributed by atoms with E-state index in [9.17, 15) is 5.11 Å². The maximum Gasteiger partial charge on any atom is 0.124 e. The minimum atomic E-state index is -0.674. The minimum absolute atomic E-state index is 0.195. The lowest BCUT2D eigenvalue weighted by Crippen LogP contribution is -2.13. The average Bonchev–Trinajstić information content (AvgIpc) is 2.91. The second-order valence-corrected chi connectivity index (χ2v) is 4.31. The van der Waals surface area contributed by atoms with Gasteiger partial charge in [0, 0.05) is 24.6 Å². The number of hydrogen-bond acceptors (Lipinski definition) is 4. The summed E-state index contributed by atoms with van der Waals surface area (Å²) in [5.41, 5.74) is 7.45. The van der Waals surface area contributed by atoms with Gasteiger partial charge in [0.2, 0.25) is 0 Å². The summed E-state index contributed by atoms with van der Waals surface area (Å²) in [4.78, 5) is 0. The number of aliphatic hydroxyl groups is 1. The third kappa shape index (κ3) is 2.60. The van der Waals surface area contributed by atoms with Gasteiger partial charge in [0.15, 0.2) is 0 Å². The van der Waals surface area contributed by atoms with Crippen LogP contribution in [0.3, 0.4) is 0 Å². The Balaban J connectivity index is 2.30. The molecule has 4 nitrogen and oxygen atoms in total. The fourth-order valence-electron chi connectivity index (χ4n) is 2.19. The van der Waals surface area contributed by atoms with Crippen LogP contribution in [0, 0.1) is 0 Å². The normalized spacial score (nSPS) is 21.5. The first-order valence-electron chi connectivity index (χ1n) is 5.90. The second kappa shape index (κ2) is 5.49. The van der Waals surface area contributed by atoms with Crippen LogP contribution in [-0.2, 0) is 4.74 Å². The van der Waals surface area contributed by atoms with Gasteiger partial charge in [-0.3, -0.25) is 0 Å². The summed E-state index contributed by atoms with van der Waals surface area (Å²) in [6.45, 7) is 1.76. The van der Waals surface area contributed by atoms with Gasteiger partial charge in [0.05, 0.1) is 19.8 Å². The van der Waals surface area contributed by atoms with Crippen LogP contribution < -0.4 is 10.5 Å².